The maximum Gasteiger partial charge on any atom is 0.194 e. The van der Waals surface area contributed by atoms with Gasteiger partial charge in [0.1, 0.15) is 0 Å². The Kier molecular flexibility index (Phi) is 9.08. The molecule has 0 radical (unpaired) electrons. The van der Waals surface area contributed by atoms with Gasteiger partial charge in [0, 0.05) is 43.0 Å². The third-order valence-electron chi connectivity index (χ3n) is 11.2. The fourth-order valence-electron chi connectivity index (χ4n) is 9.11. The van der Waals surface area contributed by atoms with Crippen LogP contribution in [0, 0.1) is 47.3 Å². The molecule has 0 aromatic carbocycles. The van der Waals surface area contributed by atoms with Crippen molar-refractivity contribution in [1.29, 1.82) is 0 Å². The van der Waals surface area contributed by atoms with E-state index >= 15 is 0 Å². The highest BCUT2D eigenvalue weighted by molar-refractivity contribution is 6.03. The van der Waals surface area contributed by atoms with Gasteiger partial charge >= 0.3 is 0 Å². The average Bonchev–Trinajstić information content (AvgIpc) is 2.93. The Labute approximate surface area is 239 Å². The van der Waals surface area contributed by atoms with E-state index in [1.165, 1.54) is 5.57 Å². The number of Topliss-reactive ketones (excluding diaryl/α,β-unsaturated/α-hetero) is 1. The summed E-state index contributed by atoms with van der Waals surface area (Å²) in [4.78, 5) is 15.4. The van der Waals surface area contributed by atoms with E-state index in [0.717, 1.165) is 45.3 Å². The van der Waals surface area contributed by atoms with Crippen LogP contribution in [-0.2, 0) is 4.79 Å². The van der Waals surface area contributed by atoms with Gasteiger partial charge in [0.25, 0.3) is 0 Å². The molecule has 5 rings (SSSR count). The Bertz CT molecular complexity index is 1030. The van der Waals surface area contributed by atoms with Crippen LogP contribution in [0.15, 0.2) is 35.5 Å². The standard InChI is InChI=1S/C32H51N3O5/c1-4-19-6-5-18(17-34-11-12-35(2)3)13-24(19)23-9-10-26(36)28-25(23)15-21-14-22-8-7-20(16-33)30(38)32(22,40)31(39)27(21)29(28)37/h6-7,9-10,18,21-29,31,34,36-37,39-40H,4-5,8,11-17,33H2,1-3H3/t18?,21?,22-,23?,24?,25?,26?,27?,28?,29?,31?,32-/m1/s1. The zero-order chi connectivity index (χ0) is 28.8. The first-order chi connectivity index (χ1) is 19.1. The number of aliphatic hydroxyl groups is 4. The highest BCUT2D eigenvalue weighted by atomic mass is 16.4. The second-order valence-electron chi connectivity index (χ2n) is 13.5. The summed E-state index contributed by atoms with van der Waals surface area (Å²) in [6.07, 6.45) is 10.1. The van der Waals surface area contributed by atoms with Crippen molar-refractivity contribution in [2.75, 3.05) is 40.3 Å². The Balaban J connectivity index is 1.38. The molecule has 2 saturated carbocycles. The van der Waals surface area contributed by atoms with Gasteiger partial charge in [0.05, 0.1) is 18.3 Å². The monoisotopic (exact) mass is 557 g/mol. The third kappa shape index (κ3) is 5.19. The first-order valence-corrected chi connectivity index (χ1v) is 15.5. The molecule has 8 nitrogen and oxygen atoms in total. The van der Waals surface area contributed by atoms with Crippen molar-refractivity contribution < 1.29 is 25.2 Å². The van der Waals surface area contributed by atoms with E-state index in [4.69, 9.17) is 5.73 Å². The van der Waals surface area contributed by atoms with Crippen LogP contribution in [-0.4, -0.2) is 95.3 Å². The predicted molar refractivity (Wildman–Crippen MR) is 155 cm³/mol. The number of ketones is 1. The van der Waals surface area contributed by atoms with Gasteiger partial charge < -0.3 is 36.4 Å². The highest BCUT2D eigenvalue weighted by Gasteiger charge is 2.64. The van der Waals surface area contributed by atoms with Crippen molar-refractivity contribution in [1.82, 2.24) is 10.2 Å². The SMILES string of the molecule is CCC1=CCC(CNCCN(C)C)CC1C1C=CC(O)C2C(O)C3C(CC12)C[C@H]1CC=C(CN)C(=O)[C@@]1(O)C3O. The Morgan fingerprint density at radius 2 is 1.85 bits per heavy atom. The van der Waals surface area contributed by atoms with Crippen LogP contribution >= 0.6 is 0 Å². The summed E-state index contributed by atoms with van der Waals surface area (Å²) in [6, 6.07) is 0. The first kappa shape index (κ1) is 30.1. The van der Waals surface area contributed by atoms with Crippen molar-refractivity contribution in [3.63, 3.8) is 0 Å². The molecule has 0 bridgehead atoms. The smallest absolute Gasteiger partial charge is 0.194 e. The number of carbonyl (C=O) groups is 1. The normalized spacial score (nSPS) is 44.9. The van der Waals surface area contributed by atoms with Crippen LogP contribution in [0.1, 0.15) is 45.4 Å². The zero-order valence-corrected chi connectivity index (χ0v) is 24.5. The highest BCUT2D eigenvalue weighted by Crippen LogP contribution is 2.57. The van der Waals surface area contributed by atoms with Crippen LogP contribution in [0.4, 0.5) is 0 Å². The summed E-state index contributed by atoms with van der Waals surface area (Å²) in [7, 11) is 4.17. The minimum Gasteiger partial charge on any atom is -0.392 e. The predicted octanol–water partition coefficient (Wildman–Crippen LogP) is 1.25. The molecular weight excluding hydrogens is 506 g/mol. The molecule has 2 fully saturated rings. The number of likely N-dealkylation sites (N-methyl/N-ethyl adjacent to an activating group) is 1. The Hall–Kier alpha value is -1.39. The molecule has 0 saturated heterocycles. The molecule has 0 aromatic heterocycles. The molecule has 7 N–H and O–H groups in total. The molecule has 10 unspecified atom stereocenters. The minimum absolute atomic E-state index is 0.0218. The number of allylic oxidation sites excluding steroid dienone is 4. The van der Waals surface area contributed by atoms with E-state index in [1.807, 2.05) is 12.2 Å². The lowest BCUT2D eigenvalue weighted by atomic mass is 9.49. The number of carbonyl (C=O) groups excluding carboxylic acids is 1. The minimum atomic E-state index is -1.93. The van der Waals surface area contributed by atoms with E-state index < -0.39 is 47.4 Å². The summed E-state index contributed by atoms with van der Waals surface area (Å²) >= 11 is 0. The van der Waals surface area contributed by atoms with E-state index in [-0.39, 0.29) is 24.3 Å². The molecule has 12 atom stereocenters. The lowest BCUT2D eigenvalue weighted by Gasteiger charge is -2.59. The number of hydrogen-bond donors (Lipinski definition) is 6. The number of nitrogens with zero attached hydrogens (tertiary/aromatic N) is 1. The summed E-state index contributed by atoms with van der Waals surface area (Å²) in [5.41, 5.74) is 5.66. The van der Waals surface area contributed by atoms with Crippen LogP contribution < -0.4 is 11.1 Å². The second kappa shape index (κ2) is 12.1. The molecule has 0 aromatic rings. The maximum atomic E-state index is 13.2. The van der Waals surface area contributed by atoms with Crippen molar-refractivity contribution >= 4 is 5.78 Å². The van der Waals surface area contributed by atoms with Crippen LogP contribution in [0.3, 0.4) is 0 Å². The molecule has 5 aliphatic carbocycles. The molecule has 0 heterocycles. The van der Waals surface area contributed by atoms with Crippen molar-refractivity contribution in [2.24, 2.45) is 53.1 Å². The number of nitrogens with two attached hydrogens (primary N) is 1. The van der Waals surface area contributed by atoms with Gasteiger partial charge in [-0.2, -0.15) is 0 Å². The van der Waals surface area contributed by atoms with Gasteiger partial charge in [-0.15, -0.1) is 0 Å². The van der Waals surface area contributed by atoms with E-state index in [2.05, 4.69) is 43.4 Å². The topological polar surface area (TPSA) is 139 Å². The van der Waals surface area contributed by atoms with Gasteiger partial charge in [-0.3, -0.25) is 4.79 Å². The fourth-order valence-corrected chi connectivity index (χ4v) is 9.11. The molecule has 5 aliphatic rings. The van der Waals surface area contributed by atoms with Gasteiger partial charge in [-0.05, 0) is 88.8 Å². The molecule has 0 spiro atoms. The average molecular weight is 558 g/mol. The quantitative estimate of drug-likeness (QED) is 0.194. The molecular formula is C32H51N3O5. The van der Waals surface area contributed by atoms with Gasteiger partial charge in [0.15, 0.2) is 11.4 Å². The van der Waals surface area contributed by atoms with Crippen LogP contribution in [0.25, 0.3) is 0 Å². The molecule has 0 aliphatic heterocycles. The number of hydrogen-bond acceptors (Lipinski definition) is 8. The third-order valence-corrected chi connectivity index (χ3v) is 11.2. The number of rotatable bonds is 8. The molecule has 224 valence electrons. The van der Waals surface area contributed by atoms with Crippen LogP contribution in [0.5, 0.6) is 0 Å². The summed E-state index contributed by atoms with van der Waals surface area (Å²) in [5, 5.41) is 49.7. The Morgan fingerprint density at radius 1 is 1.07 bits per heavy atom. The lowest BCUT2D eigenvalue weighted by molar-refractivity contribution is -0.223. The number of nitrogens with one attached hydrogen (secondary N) is 1. The molecule has 0 amide bonds. The molecule has 8 heteroatoms. The van der Waals surface area contributed by atoms with Gasteiger partial charge in [0.2, 0.25) is 0 Å². The fraction of sp³-hybridized carbons (Fsp3) is 0.781. The van der Waals surface area contributed by atoms with Crippen molar-refractivity contribution in [2.45, 2.75) is 69.4 Å². The number of fused-ring (bicyclic) bond motifs is 3. The second-order valence-corrected chi connectivity index (χ2v) is 13.5. The first-order valence-electron chi connectivity index (χ1n) is 15.5. The van der Waals surface area contributed by atoms with Gasteiger partial charge in [-0.25, -0.2) is 0 Å². The van der Waals surface area contributed by atoms with E-state index in [0.29, 0.717) is 30.3 Å². The summed E-state index contributed by atoms with van der Waals surface area (Å²) in [6.45, 7) is 5.20. The van der Waals surface area contributed by atoms with Crippen LogP contribution in [0.2, 0.25) is 0 Å². The van der Waals surface area contributed by atoms with Crippen molar-refractivity contribution in [3.05, 3.63) is 35.5 Å². The maximum absolute atomic E-state index is 13.2. The van der Waals surface area contributed by atoms with E-state index in [9.17, 15) is 25.2 Å². The lowest BCUT2D eigenvalue weighted by Crippen LogP contribution is -2.69. The summed E-state index contributed by atoms with van der Waals surface area (Å²) < 4.78 is 0. The van der Waals surface area contributed by atoms with E-state index in [1.54, 1.807) is 0 Å². The van der Waals surface area contributed by atoms with Gasteiger partial charge in [-0.1, -0.05) is 36.8 Å². The number of aliphatic hydroxyl groups excluding tert-OH is 3. The van der Waals surface area contributed by atoms with Crippen molar-refractivity contribution in [3.8, 4) is 0 Å². The molecule has 40 heavy (non-hydrogen) atoms. The summed E-state index contributed by atoms with van der Waals surface area (Å²) in [5.74, 6) is -0.840. The zero-order valence-electron chi connectivity index (χ0n) is 24.5. The largest absolute Gasteiger partial charge is 0.392 e. The Morgan fingerprint density at radius 3 is 2.55 bits per heavy atom.